The van der Waals surface area contributed by atoms with Gasteiger partial charge in [0, 0.05) is 29.7 Å². The SMILES string of the molecule is COc1ccc(NC(=O)c2ccc(OCc3cn4ccccc4n3)cc2)cc1OC. The zero-order valence-corrected chi connectivity index (χ0v) is 16.7. The molecule has 152 valence electrons. The van der Waals surface area contributed by atoms with Crippen molar-refractivity contribution in [3.63, 3.8) is 0 Å². The van der Waals surface area contributed by atoms with Gasteiger partial charge in [-0.25, -0.2) is 4.98 Å². The van der Waals surface area contributed by atoms with Crippen LogP contribution in [-0.4, -0.2) is 29.5 Å². The van der Waals surface area contributed by atoms with Gasteiger partial charge in [0.25, 0.3) is 5.91 Å². The minimum absolute atomic E-state index is 0.228. The maximum atomic E-state index is 12.5. The van der Waals surface area contributed by atoms with E-state index in [0.717, 1.165) is 11.3 Å². The van der Waals surface area contributed by atoms with Crippen LogP contribution in [0.25, 0.3) is 5.65 Å². The number of hydrogen-bond donors (Lipinski definition) is 1. The van der Waals surface area contributed by atoms with E-state index in [1.807, 2.05) is 35.0 Å². The summed E-state index contributed by atoms with van der Waals surface area (Å²) in [7, 11) is 3.11. The van der Waals surface area contributed by atoms with Crippen LogP contribution in [0.1, 0.15) is 16.1 Å². The number of pyridine rings is 1. The molecule has 0 radical (unpaired) electrons. The molecule has 2 aromatic carbocycles. The van der Waals surface area contributed by atoms with Crippen molar-refractivity contribution in [3.05, 3.63) is 84.3 Å². The van der Waals surface area contributed by atoms with Crippen LogP contribution in [0.5, 0.6) is 17.2 Å². The number of imidazole rings is 1. The molecule has 7 heteroatoms. The smallest absolute Gasteiger partial charge is 0.255 e. The standard InChI is InChI=1S/C23H21N3O4/c1-28-20-11-8-17(13-21(20)29-2)25-23(27)16-6-9-19(10-7-16)30-15-18-14-26-12-4-3-5-22(26)24-18/h3-14H,15H2,1-2H3,(H,25,27). The molecule has 0 saturated heterocycles. The van der Waals surface area contributed by atoms with Crippen molar-refractivity contribution in [1.82, 2.24) is 9.38 Å². The van der Waals surface area contributed by atoms with E-state index < -0.39 is 0 Å². The van der Waals surface area contributed by atoms with Crippen molar-refractivity contribution < 1.29 is 19.0 Å². The second-order valence-electron chi connectivity index (χ2n) is 6.54. The van der Waals surface area contributed by atoms with Crippen molar-refractivity contribution in [2.75, 3.05) is 19.5 Å². The summed E-state index contributed by atoms with van der Waals surface area (Å²) in [5, 5.41) is 2.85. The number of amides is 1. The zero-order chi connectivity index (χ0) is 20.9. The van der Waals surface area contributed by atoms with E-state index in [9.17, 15) is 4.79 Å². The molecule has 0 aliphatic heterocycles. The maximum absolute atomic E-state index is 12.5. The van der Waals surface area contributed by atoms with Crippen molar-refractivity contribution in [1.29, 1.82) is 0 Å². The average molecular weight is 403 g/mol. The van der Waals surface area contributed by atoms with E-state index in [0.29, 0.717) is 35.1 Å². The predicted molar refractivity (Wildman–Crippen MR) is 113 cm³/mol. The van der Waals surface area contributed by atoms with Gasteiger partial charge >= 0.3 is 0 Å². The van der Waals surface area contributed by atoms with Gasteiger partial charge in [0.15, 0.2) is 11.5 Å². The Bertz CT molecular complexity index is 1140. The number of anilines is 1. The molecule has 30 heavy (non-hydrogen) atoms. The van der Waals surface area contributed by atoms with E-state index >= 15 is 0 Å². The Balaban J connectivity index is 1.38. The molecule has 4 aromatic rings. The van der Waals surface area contributed by atoms with Crippen LogP contribution in [0.4, 0.5) is 5.69 Å². The number of carbonyl (C=O) groups excluding carboxylic acids is 1. The van der Waals surface area contributed by atoms with Gasteiger partial charge in [-0.2, -0.15) is 0 Å². The summed E-state index contributed by atoms with van der Waals surface area (Å²) in [5.74, 6) is 1.58. The fourth-order valence-electron chi connectivity index (χ4n) is 3.03. The number of carbonyl (C=O) groups is 1. The molecule has 4 rings (SSSR count). The summed E-state index contributed by atoms with van der Waals surface area (Å²) >= 11 is 0. The molecule has 2 aromatic heterocycles. The molecule has 0 saturated carbocycles. The lowest BCUT2D eigenvalue weighted by Gasteiger charge is -2.11. The molecule has 0 atom stereocenters. The van der Waals surface area contributed by atoms with Crippen molar-refractivity contribution >= 4 is 17.2 Å². The van der Waals surface area contributed by atoms with E-state index in [2.05, 4.69) is 10.3 Å². The fourth-order valence-corrected chi connectivity index (χ4v) is 3.03. The molecule has 0 spiro atoms. The lowest BCUT2D eigenvalue weighted by Crippen LogP contribution is -2.12. The number of benzene rings is 2. The molecule has 7 nitrogen and oxygen atoms in total. The van der Waals surface area contributed by atoms with Gasteiger partial charge in [0.1, 0.15) is 18.0 Å². The first-order valence-electron chi connectivity index (χ1n) is 9.35. The molecular formula is C23H21N3O4. The third-order valence-corrected chi connectivity index (χ3v) is 4.56. The first-order chi connectivity index (χ1) is 14.7. The molecule has 1 N–H and O–H groups in total. The second-order valence-corrected chi connectivity index (χ2v) is 6.54. The lowest BCUT2D eigenvalue weighted by molar-refractivity contribution is 0.102. The van der Waals surface area contributed by atoms with Gasteiger partial charge in [-0.15, -0.1) is 0 Å². The van der Waals surface area contributed by atoms with E-state index in [-0.39, 0.29) is 5.91 Å². The highest BCUT2D eigenvalue weighted by molar-refractivity contribution is 6.04. The monoisotopic (exact) mass is 403 g/mol. The third kappa shape index (κ3) is 4.20. The Morgan fingerprint density at radius 1 is 1.00 bits per heavy atom. The van der Waals surface area contributed by atoms with Crippen molar-refractivity contribution in [3.8, 4) is 17.2 Å². The highest BCUT2D eigenvalue weighted by Crippen LogP contribution is 2.30. The summed E-state index contributed by atoms with van der Waals surface area (Å²) in [5.41, 5.74) is 2.84. The molecule has 0 bridgehead atoms. The van der Waals surface area contributed by atoms with Crippen LogP contribution in [0.3, 0.4) is 0 Å². The molecule has 2 heterocycles. The number of hydrogen-bond acceptors (Lipinski definition) is 5. The minimum Gasteiger partial charge on any atom is -0.493 e. The summed E-state index contributed by atoms with van der Waals surface area (Å²) < 4.78 is 18.2. The Kier molecular flexibility index (Phi) is 5.52. The largest absolute Gasteiger partial charge is 0.493 e. The fraction of sp³-hybridized carbons (Fsp3) is 0.130. The van der Waals surface area contributed by atoms with Crippen LogP contribution in [0, 0.1) is 0 Å². The predicted octanol–water partition coefficient (Wildman–Crippen LogP) is 4.18. The average Bonchev–Trinajstić information content (AvgIpc) is 3.21. The number of rotatable bonds is 7. The van der Waals surface area contributed by atoms with Crippen LogP contribution < -0.4 is 19.5 Å². The topological polar surface area (TPSA) is 74.1 Å². The minimum atomic E-state index is -0.228. The Morgan fingerprint density at radius 2 is 1.80 bits per heavy atom. The van der Waals surface area contributed by atoms with Gasteiger partial charge in [-0.1, -0.05) is 6.07 Å². The Morgan fingerprint density at radius 3 is 2.53 bits per heavy atom. The second kappa shape index (κ2) is 8.57. The van der Waals surface area contributed by atoms with Crippen LogP contribution >= 0.6 is 0 Å². The molecule has 0 fully saturated rings. The molecular weight excluding hydrogens is 382 g/mol. The quantitative estimate of drug-likeness (QED) is 0.501. The van der Waals surface area contributed by atoms with Gasteiger partial charge in [0.2, 0.25) is 0 Å². The van der Waals surface area contributed by atoms with Crippen molar-refractivity contribution in [2.45, 2.75) is 6.61 Å². The molecule has 1 amide bonds. The highest BCUT2D eigenvalue weighted by Gasteiger charge is 2.10. The normalized spacial score (nSPS) is 10.6. The number of nitrogens with one attached hydrogen (secondary N) is 1. The van der Waals surface area contributed by atoms with E-state index in [1.165, 1.54) is 0 Å². The molecule has 0 unspecified atom stereocenters. The first kappa shape index (κ1) is 19.3. The number of methoxy groups -OCH3 is 2. The van der Waals surface area contributed by atoms with Gasteiger partial charge < -0.3 is 23.9 Å². The molecule has 0 aliphatic carbocycles. The number of nitrogens with zero attached hydrogens (tertiary/aromatic N) is 2. The number of aromatic nitrogens is 2. The first-order valence-corrected chi connectivity index (χ1v) is 9.35. The summed E-state index contributed by atoms with van der Waals surface area (Å²) in [4.78, 5) is 17.0. The Hall–Kier alpha value is -4.00. The van der Waals surface area contributed by atoms with Crippen LogP contribution in [-0.2, 0) is 6.61 Å². The summed E-state index contributed by atoms with van der Waals surface area (Å²) in [6.45, 7) is 0.346. The Labute approximate surface area is 173 Å². The zero-order valence-electron chi connectivity index (χ0n) is 16.7. The number of fused-ring (bicyclic) bond motifs is 1. The van der Waals surface area contributed by atoms with Crippen LogP contribution in [0.2, 0.25) is 0 Å². The molecule has 0 aliphatic rings. The van der Waals surface area contributed by atoms with Gasteiger partial charge in [-0.05, 0) is 48.5 Å². The van der Waals surface area contributed by atoms with Crippen LogP contribution in [0.15, 0.2) is 73.1 Å². The van der Waals surface area contributed by atoms with E-state index in [4.69, 9.17) is 14.2 Å². The maximum Gasteiger partial charge on any atom is 0.255 e. The lowest BCUT2D eigenvalue weighted by atomic mass is 10.2. The summed E-state index contributed by atoms with van der Waals surface area (Å²) in [6.07, 6.45) is 3.87. The number of ether oxygens (including phenoxy) is 3. The van der Waals surface area contributed by atoms with Gasteiger partial charge in [0.05, 0.1) is 19.9 Å². The summed E-state index contributed by atoms with van der Waals surface area (Å²) in [6, 6.07) is 18.0. The van der Waals surface area contributed by atoms with Crippen molar-refractivity contribution in [2.24, 2.45) is 0 Å². The third-order valence-electron chi connectivity index (χ3n) is 4.56. The highest BCUT2D eigenvalue weighted by atomic mass is 16.5. The van der Waals surface area contributed by atoms with E-state index in [1.54, 1.807) is 56.7 Å². The van der Waals surface area contributed by atoms with Gasteiger partial charge in [-0.3, -0.25) is 4.79 Å².